The van der Waals surface area contributed by atoms with Crippen LogP contribution < -0.4 is 0 Å². The molecule has 0 aliphatic rings. The Balaban J connectivity index is 1.54. The molecule has 0 radical (unpaired) electrons. The third-order valence-corrected chi connectivity index (χ3v) is 8.83. The average molecular weight is 601 g/mol. The Bertz CT molecular complexity index is 2080. The lowest BCUT2D eigenvalue weighted by Gasteiger charge is -2.19. The molecule has 2 heterocycles. The topological polar surface area (TPSA) is 43.6 Å². The first-order valence-electron chi connectivity index (χ1n) is 16.0. The van der Waals surface area contributed by atoms with Crippen LogP contribution in [0, 0.1) is 6.92 Å². The predicted molar refractivity (Wildman–Crippen MR) is 193 cm³/mol. The molecule has 0 unspecified atom stereocenters. The fourth-order valence-corrected chi connectivity index (χ4v) is 6.17. The summed E-state index contributed by atoms with van der Waals surface area (Å²) in [6.07, 6.45) is 0. The Hall–Kier alpha value is -5.09. The molecule has 2 aromatic heterocycles. The van der Waals surface area contributed by atoms with Crippen molar-refractivity contribution in [1.29, 1.82) is 0 Å². The molecule has 0 fully saturated rings. The zero-order chi connectivity index (χ0) is 32.2. The second kappa shape index (κ2) is 11.1. The molecule has 4 nitrogen and oxygen atoms in total. The maximum atomic E-state index is 5.13. The van der Waals surface area contributed by atoms with Gasteiger partial charge in [-0.15, -0.1) is 0 Å². The minimum atomic E-state index is 0.0336. The van der Waals surface area contributed by atoms with Crippen molar-refractivity contribution in [1.82, 2.24) is 19.5 Å². The summed E-state index contributed by atoms with van der Waals surface area (Å²) in [5.74, 6) is 1.96. The zero-order valence-corrected chi connectivity index (χ0v) is 27.8. The second-order valence-corrected chi connectivity index (χ2v) is 14.4. The fourth-order valence-electron chi connectivity index (χ4n) is 6.17. The van der Waals surface area contributed by atoms with Gasteiger partial charge in [0, 0.05) is 27.5 Å². The molecular formula is C42H40N4. The van der Waals surface area contributed by atoms with Crippen LogP contribution in [0.25, 0.3) is 61.7 Å². The molecule has 0 amide bonds. The van der Waals surface area contributed by atoms with E-state index in [9.17, 15) is 0 Å². The lowest BCUT2D eigenvalue weighted by atomic mass is 9.85. The molecule has 228 valence electrons. The van der Waals surface area contributed by atoms with E-state index in [1.165, 1.54) is 32.9 Å². The van der Waals surface area contributed by atoms with E-state index in [0.717, 1.165) is 27.9 Å². The number of hydrogen-bond acceptors (Lipinski definition) is 3. The molecule has 0 atom stereocenters. The Morgan fingerprint density at radius 2 is 0.935 bits per heavy atom. The third-order valence-electron chi connectivity index (χ3n) is 8.83. The average Bonchev–Trinajstić information content (AvgIpc) is 3.37. The molecule has 7 aromatic rings. The van der Waals surface area contributed by atoms with Gasteiger partial charge in [-0.05, 0) is 65.3 Å². The molecule has 0 spiro atoms. The molecule has 0 saturated heterocycles. The van der Waals surface area contributed by atoms with Gasteiger partial charge in [-0.25, -0.2) is 15.0 Å². The minimum Gasteiger partial charge on any atom is -0.309 e. The molecule has 0 bridgehead atoms. The highest BCUT2D eigenvalue weighted by atomic mass is 15.1. The number of fused-ring (bicyclic) bond motifs is 3. The van der Waals surface area contributed by atoms with E-state index in [0.29, 0.717) is 17.5 Å². The van der Waals surface area contributed by atoms with Crippen molar-refractivity contribution < 1.29 is 0 Å². The molecule has 46 heavy (non-hydrogen) atoms. The van der Waals surface area contributed by atoms with Gasteiger partial charge in [0.2, 0.25) is 0 Å². The maximum absolute atomic E-state index is 5.13. The van der Waals surface area contributed by atoms with E-state index >= 15 is 0 Å². The summed E-state index contributed by atoms with van der Waals surface area (Å²) in [5, 5.41) is 2.51. The number of hydrogen-bond donors (Lipinski definition) is 0. The van der Waals surface area contributed by atoms with E-state index in [-0.39, 0.29) is 10.8 Å². The van der Waals surface area contributed by atoms with Crippen molar-refractivity contribution in [2.24, 2.45) is 0 Å². The Labute approximate surface area is 271 Å². The van der Waals surface area contributed by atoms with Gasteiger partial charge < -0.3 is 4.57 Å². The van der Waals surface area contributed by atoms with Gasteiger partial charge in [0.25, 0.3) is 0 Å². The predicted octanol–water partition coefficient (Wildman–Crippen LogP) is 10.9. The lowest BCUT2D eigenvalue weighted by Crippen LogP contribution is -2.10. The smallest absolute Gasteiger partial charge is 0.166 e. The lowest BCUT2D eigenvalue weighted by molar-refractivity contribution is 0.590. The van der Waals surface area contributed by atoms with Gasteiger partial charge in [-0.1, -0.05) is 126 Å². The van der Waals surface area contributed by atoms with Gasteiger partial charge in [0.05, 0.1) is 16.7 Å². The highest BCUT2D eigenvalue weighted by Crippen LogP contribution is 2.40. The highest BCUT2D eigenvalue weighted by Gasteiger charge is 2.23. The molecule has 5 aromatic carbocycles. The van der Waals surface area contributed by atoms with Crippen molar-refractivity contribution in [3.63, 3.8) is 0 Å². The molecule has 4 heteroatoms. The number of aromatic nitrogens is 4. The monoisotopic (exact) mass is 600 g/mol. The summed E-state index contributed by atoms with van der Waals surface area (Å²) in [6.45, 7) is 15.8. The Morgan fingerprint density at radius 3 is 1.39 bits per heavy atom. The van der Waals surface area contributed by atoms with Gasteiger partial charge in [-0.2, -0.15) is 0 Å². The quantitative estimate of drug-likeness (QED) is 0.202. The maximum Gasteiger partial charge on any atom is 0.166 e. The first-order valence-corrected chi connectivity index (χ1v) is 16.0. The van der Waals surface area contributed by atoms with Crippen LogP contribution in [0.1, 0.15) is 58.2 Å². The molecule has 7 rings (SSSR count). The van der Waals surface area contributed by atoms with E-state index < -0.39 is 0 Å². The first-order chi connectivity index (χ1) is 22.0. The molecular weight excluding hydrogens is 560 g/mol. The molecule has 0 aliphatic heterocycles. The Kier molecular flexibility index (Phi) is 7.12. The van der Waals surface area contributed by atoms with Gasteiger partial charge in [0.15, 0.2) is 17.5 Å². The summed E-state index contributed by atoms with van der Waals surface area (Å²) in [6, 6.07) is 40.8. The zero-order valence-electron chi connectivity index (χ0n) is 27.8. The van der Waals surface area contributed by atoms with Gasteiger partial charge in [0.1, 0.15) is 0 Å². The fraction of sp³-hybridized carbons (Fsp3) is 0.214. The number of aryl methyl sites for hydroxylation is 1. The SMILES string of the molecule is Cc1ccc(-n2c3ccc(C(C)(C)C)cc3c3cc(C(C)(C)C)ccc32)c(-c2nc(-c3ccccc3)nc(-c3ccccc3)n2)c1. The first kappa shape index (κ1) is 29.6. The minimum absolute atomic E-state index is 0.0336. The molecule has 0 aliphatic carbocycles. The van der Waals surface area contributed by atoms with Crippen molar-refractivity contribution in [3.05, 3.63) is 132 Å². The van der Waals surface area contributed by atoms with Crippen molar-refractivity contribution >= 4 is 21.8 Å². The van der Waals surface area contributed by atoms with Gasteiger partial charge in [-0.3, -0.25) is 0 Å². The normalized spacial score (nSPS) is 12.2. The van der Waals surface area contributed by atoms with Crippen LogP contribution in [0.5, 0.6) is 0 Å². The number of nitrogens with zero attached hydrogens (tertiary/aromatic N) is 4. The summed E-state index contributed by atoms with van der Waals surface area (Å²) in [5.41, 5.74) is 10.1. The Morgan fingerprint density at radius 1 is 0.478 bits per heavy atom. The van der Waals surface area contributed by atoms with E-state index in [1.807, 2.05) is 36.4 Å². The van der Waals surface area contributed by atoms with E-state index in [4.69, 9.17) is 15.0 Å². The van der Waals surface area contributed by atoms with Crippen molar-refractivity contribution in [2.45, 2.75) is 59.3 Å². The van der Waals surface area contributed by atoms with Crippen LogP contribution in [-0.2, 0) is 10.8 Å². The van der Waals surface area contributed by atoms with Crippen LogP contribution in [0.15, 0.2) is 115 Å². The van der Waals surface area contributed by atoms with Gasteiger partial charge >= 0.3 is 0 Å². The number of rotatable bonds is 4. The van der Waals surface area contributed by atoms with Crippen LogP contribution in [0.4, 0.5) is 0 Å². The standard InChI is InChI=1S/C42H40N4/c1-27-18-21-37(34(24-27)40-44-38(28-14-10-8-11-15-28)43-39(45-40)29-16-12-9-13-17-29)46-35-22-19-30(41(2,3)4)25-32(35)33-26-31(42(5,6)7)20-23-36(33)46/h8-26H,1-7H3. The molecule has 0 saturated carbocycles. The highest BCUT2D eigenvalue weighted by molar-refractivity contribution is 6.10. The third kappa shape index (κ3) is 5.38. The largest absolute Gasteiger partial charge is 0.309 e. The van der Waals surface area contributed by atoms with Crippen LogP contribution in [-0.4, -0.2) is 19.5 Å². The summed E-state index contributed by atoms with van der Waals surface area (Å²) < 4.78 is 2.40. The van der Waals surface area contributed by atoms with E-state index in [2.05, 4.69) is 132 Å². The summed E-state index contributed by atoms with van der Waals surface area (Å²) in [7, 11) is 0. The summed E-state index contributed by atoms with van der Waals surface area (Å²) in [4.78, 5) is 15.2. The number of benzene rings is 5. The van der Waals surface area contributed by atoms with Crippen LogP contribution in [0.2, 0.25) is 0 Å². The molecule has 0 N–H and O–H groups in total. The van der Waals surface area contributed by atoms with Crippen molar-refractivity contribution in [2.75, 3.05) is 0 Å². The van der Waals surface area contributed by atoms with Crippen molar-refractivity contribution in [3.8, 4) is 39.9 Å². The van der Waals surface area contributed by atoms with Crippen LogP contribution in [0.3, 0.4) is 0 Å². The summed E-state index contributed by atoms with van der Waals surface area (Å²) >= 11 is 0. The van der Waals surface area contributed by atoms with E-state index in [1.54, 1.807) is 0 Å². The van der Waals surface area contributed by atoms with Crippen LogP contribution >= 0.6 is 0 Å². The second-order valence-electron chi connectivity index (χ2n) is 14.4.